The van der Waals surface area contributed by atoms with Gasteiger partial charge >= 0.3 is 5.97 Å². The van der Waals surface area contributed by atoms with Crippen LogP contribution in [0.25, 0.3) is 11.1 Å². The first-order chi connectivity index (χ1) is 6.79. The van der Waals surface area contributed by atoms with Crippen LogP contribution < -0.4 is 0 Å². The summed E-state index contributed by atoms with van der Waals surface area (Å²) in [6, 6.07) is 5.32. The summed E-state index contributed by atoms with van der Waals surface area (Å²) in [5, 5.41) is 8.86. The van der Waals surface area contributed by atoms with Crippen LogP contribution >= 0.6 is 0 Å². The van der Waals surface area contributed by atoms with Gasteiger partial charge in [-0.2, -0.15) is 0 Å². The maximum Gasteiger partial charge on any atom is 0.352 e. The fourth-order valence-electron chi connectivity index (χ4n) is 1.31. The summed E-state index contributed by atoms with van der Waals surface area (Å²) < 4.78 is 0. The zero-order valence-electron chi connectivity index (χ0n) is 7.27. The summed E-state index contributed by atoms with van der Waals surface area (Å²) in [4.78, 5) is 17.4. The van der Waals surface area contributed by atoms with E-state index in [4.69, 9.17) is 5.11 Å². The molecule has 0 spiro atoms. The predicted octanol–water partition coefficient (Wildman–Crippen LogP) is 1.77. The molecule has 0 radical (unpaired) electrons. The Morgan fingerprint density at radius 3 is 2.93 bits per heavy atom. The van der Waals surface area contributed by atoms with E-state index in [0.717, 1.165) is 5.56 Å². The van der Waals surface area contributed by atoms with Crippen molar-refractivity contribution in [2.75, 3.05) is 0 Å². The summed E-state index contributed by atoms with van der Waals surface area (Å²) >= 11 is 0. The van der Waals surface area contributed by atoms with Crippen LogP contribution in [0.1, 0.15) is 10.5 Å². The zero-order valence-corrected chi connectivity index (χ0v) is 7.27. The summed E-state index contributed by atoms with van der Waals surface area (Å²) in [5.41, 5.74) is 1.65. The standard InChI is InChI=1S/C10H8N2O2/c13-10(14)9-8(3-5-12-9)7-2-1-4-11-6-7/h1-6,12H,(H,13,14). The Labute approximate surface area is 80.2 Å². The molecule has 0 aliphatic carbocycles. The second kappa shape index (κ2) is 3.33. The number of hydrogen-bond acceptors (Lipinski definition) is 2. The highest BCUT2D eigenvalue weighted by Gasteiger charge is 2.11. The molecule has 2 aromatic rings. The second-order valence-corrected chi connectivity index (χ2v) is 2.81. The Kier molecular flexibility index (Phi) is 2.02. The van der Waals surface area contributed by atoms with E-state index >= 15 is 0 Å². The quantitative estimate of drug-likeness (QED) is 0.754. The van der Waals surface area contributed by atoms with E-state index in [1.807, 2.05) is 6.07 Å². The zero-order chi connectivity index (χ0) is 9.97. The summed E-state index contributed by atoms with van der Waals surface area (Å²) in [6.45, 7) is 0. The molecule has 2 heterocycles. The number of aromatic carboxylic acids is 1. The third-order valence-corrected chi connectivity index (χ3v) is 1.93. The Bertz CT molecular complexity index is 448. The fourth-order valence-corrected chi connectivity index (χ4v) is 1.31. The lowest BCUT2D eigenvalue weighted by atomic mass is 10.1. The highest BCUT2D eigenvalue weighted by Crippen LogP contribution is 2.21. The Morgan fingerprint density at radius 1 is 1.43 bits per heavy atom. The van der Waals surface area contributed by atoms with Gasteiger partial charge in [0.2, 0.25) is 0 Å². The summed E-state index contributed by atoms with van der Waals surface area (Å²) in [7, 11) is 0. The molecule has 2 N–H and O–H groups in total. The first kappa shape index (κ1) is 8.50. The molecule has 0 atom stereocenters. The molecule has 4 nitrogen and oxygen atoms in total. The molecule has 0 unspecified atom stereocenters. The topological polar surface area (TPSA) is 66.0 Å². The first-order valence-electron chi connectivity index (χ1n) is 4.10. The van der Waals surface area contributed by atoms with Gasteiger partial charge in [0.15, 0.2) is 0 Å². The van der Waals surface area contributed by atoms with E-state index in [2.05, 4.69) is 9.97 Å². The van der Waals surface area contributed by atoms with Gasteiger partial charge in [0.05, 0.1) is 0 Å². The fraction of sp³-hybridized carbons (Fsp3) is 0. The van der Waals surface area contributed by atoms with E-state index in [1.165, 1.54) is 0 Å². The largest absolute Gasteiger partial charge is 0.477 e. The maximum absolute atomic E-state index is 10.8. The number of carboxylic acids is 1. The number of nitrogens with one attached hydrogen (secondary N) is 1. The molecule has 2 aromatic heterocycles. The van der Waals surface area contributed by atoms with Crippen LogP contribution in [-0.2, 0) is 0 Å². The van der Waals surface area contributed by atoms with Crippen molar-refractivity contribution in [2.24, 2.45) is 0 Å². The summed E-state index contributed by atoms with van der Waals surface area (Å²) in [5.74, 6) is -0.964. The first-order valence-corrected chi connectivity index (χ1v) is 4.10. The van der Waals surface area contributed by atoms with Crippen LogP contribution in [-0.4, -0.2) is 21.0 Å². The average molecular weight is 188 g/mol. The van der Waals surface area contributed by atoms with Crippen molar-refractivity contribution in [3.8, 4) is 11.1 Å². The van der Waals surface area contributed by atoms with Gasteiger partial charge in [0, 0.05) is 29.7 Å². The van der Waals surface area contributed by atoms with Gasteiger partial charge in [-0.25, -0.2) is 4.79 Å². The Hall–Kier alpha value is -2.10. The number of hydrogen-bond donors (Lipinski definition) is 2. The number of carbonyl (C=O) groups is 1. The molecule has 0 bridgehead atoms. The normalized spacial score (nSPS) is 10.0. The van der Waals surface area contributed by atoms with Gasteiger partial charge < -0.3 is 10.1 Å². The van der Waals surface area contributed by atoms with Crippen molar-refractivity contribution >= 4 is 5.97 Å². The van der Waals surface area contributed by atoms with Crippen molar-refractivity contribution in [3.63, 3.8) is 0 Å². The van der Waals surface area contributed by atoms with Crippen molar-refractivity contribution in [1.29, 1.82) is 0 Å². The van der Waals surface area contributed by atoms with Gasteiger partial charge in [-0.3, -0.25) is 4.98 Å². The molecule has 0 fully saturated rings. The number of aromatic nitrogens is 2. The molecule has 0 aliphatic rings. The highest BCUT2D eigenvalue weighted by molar-refractivity contribution is 5.94. The summed E-state index contributed by atoms with van der Waals surface area (Å²) in [6.07, 6.45) is 4.89. The molecule has 2 rings (SSSR count). The van der Waals surface area contributed by atoms with E-state index in [-0.39, 0.29) is 5.69 Å². The molecule has 0 amide bonds. The smallest absolute Gasteiger partial charge is 0.352 e. The minimum Gasteiger partial charge on any atom is -0.477 e. The van der Waals surface area contributed by atoms with Crippen LogP contribution in [0.4, 0.5) is 0 Å². The number of nitrogens with zero attached hydrogens (tertiary/aromatic N) is 1. The van der Waals surface area contributed by atoms with Gasteiger partial charge in [-0.1, -0.05) is 6.07 Å². The van der Waals surface area contributed by atoms with Crippen LogP contribution in [0.15, 0.2) is 36.8 Å². The Balaban J connectivity index is 2.52. The Morgan fingerprint density at radius 2 is 2.29 bits per heavy atom. The van der Waals surface area contributed by atoms with Crippen LogP contribution in [0.5, 0.6) is 0 Å². The van der Waals surface area contributed by atoms with Crippen molar-refractivity contribution in [3.05, 3.63) is 42.5 Å². The number of aromatic amines is 1. The van der Waals surface area contributed by atoms with Crippen molar-refractivity contribution in [1.82, 2.24) is 9.97 Å². The molecule has 70 valence electrons. The molecule has 0 aliphatic heterocycles. The number of pyridine rings is 1. The van der Waals surface area contributed by atoms with Gasteiger partial charge in [-0.15, -0.1) is 0 Å². The lowest BCUT2D eigenvalue weighted by Crippen LogP contribution is -1.98. The lowest BCUT2D eigenvalue weighted by molar-refractivity contribution is 0.0692. The molecule has 0 saturated carbocycles. The minimum absolute atomic E-state index is 0.193. The molecule has 4 heteroatoms. The van der Waals surface area contributed by atoms with Crippen molar-refractivity contribution < 1.29 is 9.90 Å². The average Bonchev–Trinajstić information content (AvgIpc) is 2.67. The van der Waals surface area contributed by atoms with Crippen LogP contribution in [0.3, 0.4) is 0 Å². The predicted molar refractivity (Wildman–Crippen MR) is 51.0 cm³/mol. The van der Waals surface area contributed by atoms with Crippen LogP contribution in [0, 0.1) is 0 Å². The van der Waals surface area contributed by atoms with Gasteiger partial charge in [0.1, 0.15) is 5.69 Å². The maximum atomic E-state index is 10.8. The van der Waals surface area contributed by atoms with E-state index in [1.54, 1.807) is 30.7 Å². The molecule has 0 saturated heterocycles. The highest BCUT2D eigenvalue weighted by atomic mass is 16.4. The third-order valence-electron chi connectivity index (χ3n) is 1.93. The number of rotatable bonds is 2. The van der Waals surface area contributed by atoms with E-state index in [0.29, 0.717) is 5.56 Å². The van der Waals surface area contributed by atoms with Gasteiger partial charge in [-0.05, 0) is 12.1 Å². The SMILES string of the molecule is O=C(O)c1[nH]ccc1-c1cccnc1. The second-order valence-electron chi connectivity index (χ2n) is 2.81. The lowest BCUT2D eigenvalue weighted by Gasteiger charge is -1.98. The van der Waals surface area contributed by atoms with Crippen LogP contribution in [0.2, 0.25) is 0 Å². The monoisotopic (exact) mass is 188 g/mol. The van der Waals surface area contributed by atoms with Gasteiger partial charge in [0.25, 0.3) is 0 Å². The molecular weight excluding hydrogens is 180 g/mol. The third kappa shape index (κ3) is 1.37. The minimum atomic E-state index is -0.964. The molecular formula is C10H8N2O2. The van der Waals surface area contributed by atoms with E-state index in [9.17, 15) is 4.79 Å². The molecule has 0 aromatic carbocycles. The number of H-pyrrole nitrogens is 1. The van der Waals surface area contributed by atoms with Crippen molar-refractivity contribution in [2.45, 2.75) is 0 Å². The molecule has 14 heavy (non-hydrogen) atoms. The van der Waals surface area contributed by atoms with E-state index < -0.39 is 5.97 Å². The number of carboxylic acid groups (broad SMARTS) is 1.